The fourth-order valence-electron chi connectivity index (χ4n) is 14.0. The van der Waals surface area contributed by atoms with Crippen molar-refractivity contribution in [3.63, 3.8) is 0 Å². The summed E-state index contributed by atoms with van der Waals surface area (Å²) < 4.78 is 177. The van der Waals surface area contributed by atoms with Gasteiger partial charge in [0.15, 0.2) is 34.9 Å². The first-order valence-corrected chi connectivity index (χ1v) is 33.8. The summed E-state index contributed by atoms with van der Waals surface area (Å²) in [5.74, 6) is 2.12. The first-order chi connectivity index (χ1) is 52.0. The smallest absolute Gasteiger partial charge is 0.309 e. The molecule has 0 amide bonds. The van der Waals surface area contributed by atoms with Crippen LogP contribution in [0.5, 0.6) is 0 Å². The van der Waals surface area contributed by atoms with Crippen molar-refractivity contribution in [1.29, 1.82) is 0 Å². The molecule has 108 heavy (non-hydrogen) atoms. The summed E-state index contributed by atoms with van der Waals surface area (Å²) in [4.78, 5) is 30.5. The second-order valence-corrected chi connectivity index (χ2v) is 25.9. The molecule has 0 unspecified atom stereocenters. The molecule has 0 aliphatic heterocycles. The quantitative estimate of drug-likeness (QED) is 0.113. The van der Waals surface area contributed by atoms with E-state index in [1.165, 1.54) is 12.1 Å². The second kappa shape index (κ2) is 26.3. The van der Waals surface area contributed by atoms with Gasteiger partial charge in [-0.05, 0) is 154 Å². The van der Waals surface area contributed by atoms with Crippen molar-refractivity contribution in [3.8, 4) is 124 Å². The number of nitrogens with zero attached hydrogens (tertiary/aromatic N) is 8. The Bertz CT molecular complexity index is 6190. The molecule has 0 atom stereocenters. The number of hydrogen-bond donors (Lipinski definition) is 0. The highest BCUT2D eigenvalue weighted by molar-refractivity contribution is 6.12. The summed E-state index contributed by atoms with van der Waals surface area (Å²) in [5.41, 5.74) is 3.84. The van der Waals surface area contributed by atoms with Gasteiger partial charge in [-0.2, -0.15) is 52.7 Å². The number of fused-ring (bicyclic) bond motifs is 6. The highest BCUT2D eigenvalue weighted by Crippen LogP contribution is 2.46. The number of hydrogen-bond acceptors (Lipinski definition) is 6. The maximum atomic E-state index is 14.4. The number of rotatable bonds is 12. The van der Waals surface area contributed by atoms with Crippen LogP contribution in [-0.2, 0) is 24.7 Å². The van der Waals surface area contributed by atoms with Crippen LogP contribution in [-0.4, -0.2) is 39.0 Å². The van der Waals surface area contributed by atoms with Crippen molar-refractivity contribution in [2.24, 2.45) is 0 Å². The highest BCUT2D eigenvalue weighted by atomic mass is 19.4. The summed E-state index contributed by atoms with van der Waals surface area (Å²) in [6.07, 6.45) is -20.4. The molecule has 0 bridgehead atoms. The average Bonchev–Trinajstić information content (AvgIpc) is 1.61. The van der Waals surface area contributed by atoms with Gasteiger partial charge in [-0.25, -0.2) is 29.9 Å². The maximum absolute atomic E-state index is 14.4. The summed E-state index contributed by atoms with van der Waals surface area (Å²) in [7, 11) is 0. The van der Waals surface area contributed by atoms with Crippen LogP contribution in [0.3, 0.4) is 0 Å². The fourth-order valence-corrected chi connectivity index (χ4v) is 14.0. The zero-order valence-electron chi connectivity index (χ0n) is 56.0. The number of alkyl halides is 12. The second-order valence-electron chi connectivity index (χ2n) is 25.9. The van der Waals surface area contributed by atoms with E-state index in [-0.39, 0.29) is 40.2 Å². The van der Waals surface area contributed by atoms with E-state index in [4.69, 9.17) is 29.9 Å². The van der Waals surface area contributed by atoms with Crippen molar-refractivity contribution >= 4 is 43.6 Å². The van der Waals surface area contributed by atoms with Crippen LogP contribution in [0.15, 0.2) is 303 Å². The van der Waals surface area contributed by atoms with Crippen molar-refractivity contribution in [1.82, 2.24) is 39.0 Å². The lowest BCUT2D eigenvalue weighted by atomic mass is 9.95. The molecule has 0 N–H and O–H groups in total. The lowest BCUT2D eigenvalue weighted by Crippen LogP contribution is -2.11. The molecule has 17 rings (SSSR count). The minimum Gasteiger partial charge on any atom is -0.309 e. The monoisotopic (exact) mass is 1450 g/mol. The molecule has 0 saturated heterocycles. The fraction of sp³-hybridized carbons (Fsp3) is 0.0455. The Morgan fingerprint density at radius 3 is 0.926 bits per heavy atom. The topological polar surface area (TPSA) is 87.2 Å². The molecule has 8 nitrogen and oxygen atoms in total. The lowest BCUT2D eigenvalue weighted by Gasteiger charge is -2.18. The molecule has 0 radical (unpaired) electrons. The summed E-state index contributed by atoms with van der Waals surface area (Å²) >= 11 is 0. The summed E-state index contributed by atoms with van der Waals surface area (Å²) in [6.45, 7) is 0. The van der Waals surface area contributed by atoms with Gasteiger partial charge < -0.3 is 9.13 Å². The molecular formula is C88H50F12N8. The molecule has 0 aliphatic rings. The third-order valence-electron chi connectivity index (χ3n) is 19.0. The van der Waals surface area contributed by atoms with Crippen molar-refractivity contribution < 1.29 is 52.7 Å². The molecule has 0 fully saturated rings. The Hall–Kier alpha value is -13.4. The largest absolute Gasteiger partial charge is 0.416 e. The number of aromatic nitrogens is 8. The molecule has 4 aromatic heterocycles. The first-order valence-electron chi connectivity index (χ1n) is 33.8. The average molecular weight is 1450 g/mol. The molecule has 0 spiro atoms. The van der Waals surface area contributed by atoms with Crippen molar-refractivity contribution in [3.05, 3.63) is 326 Å². The zero-order chi connectivity index (χ0) is 74.4. The van der Waals surface area contributed by atoms with Gasteiger partial charge in [0.25, 0.3) is 0 Å². The Morgan fingerprint density at radius 2 is 0.500 bits per heavy atom. The van der Waals surface area contributed by atoms with Crippen LogP contribution in [0.25, 0.3) is 168 Å². The summed E-state index contributed by atoms with van der Waals surface area (Å²) in [5, 5.41) is 2.32. The van der Waals surface area contributed by atoms with Gasteiger partial charge >= 0.3 is 24.7 Å². The van der Waals surface area contributed by atoms with Crippen LogP contribution >= 0.6 is 0 Å². The highest BCUT2D eigenvalue weighted by Gasteiger charge is 2.39. The van der Waals surface area contributed by atoms with Gasteiger partial charge in [0.2, 0.25) is 0 Å². The third kappa shape index (κ3) is 12.9. The standard InChI is InChI=1S/C88H50F12N8/c89-85(90,91)64-40-61(41-65(49-64)86(92,93)94)56-32-35-77-72(46-56)69-28-13-15-30-74(69)107(77)68-44-60(39-63(45-68)84-105-81(53-22-9-3-10-23-53)102-82(106-84)54-24-11-4-12-25-54)55-26-17-27-58(38-55)71-48-59(83-103-79(51-18-5-1-6-19-51)101-80(104-83)52-20-7-2-8-21-52)34-37-76(71)108-75-31-16-14-29-70(75)73-47-57(33-36-78(73)108)62-42-66(87(95,96)97)50-67(43-62)88(98,99)100/h1-50H. The minimum atomic E-state index is -5.09. The van der Waals surface area contributed by atoms with Gasteiger partial charge in [0.05, 0.1) is 50.0 Å². The zero-order valence-corrected chi connectivity index (χ0v) is 56.0. The van der Waals surface area contributed by atoms with Crippen LogP contribution in [0, 0.1) is 0 Å². The van der Waals surface area contributed by atoms with Crippen LogP contribution in [0.1, 0.15) is 22.3 Å². The molecule has 13 aromatic carbocycles. The van der Waals surface area contributed by atoms with E-state index in [9.17, 15) is 52.7 Å². The Balaban J connectivity index is 0.901. The van der Waals surface area contributed by atoms with Gasteiger partial charge in [-0.15, -0.1) is 0 Å². The van der Waals surface area contributed by atoms with Gasteiger partial charge in [-0.1, -0.05) is 188 Å². The van der Waals surface area contributed by atoms with Crippen LogP contribution in [0.4, 0.5) is 52.7 Å². The normalized spacial score (nSPS) is 12.3. The molecule has 4 heterocycles. The van der Waals surface area contributed by atoms with Crippen molar-refractivity contribution in [2.45, 2.75) is 24.7 Å². The molecular weight excluding hydrogens is 1400 g/mol. The van der Waals surface area contributed by atoms with E-state index in [0.717, 1.165) is 11.1 Å². The van der Waals surface area contributed by atoms with Gasteiger partial charge in [0, 0.05) is 66.2 Å². The molecule has 17 aromatic rings. The van der Waals surface area contributed by atoms with E-state index < -0.39 is 47.0 Å². The third-order valence-corrected chi connectivity index (χ3v) is 19.0. The minimum absolute atomic E-state index is 0.103. The first kappa shape index (κ1) is 67.8. The van der Waals surface area contributed by atoms with Gasteiger partial charge in [0.1, 0.15) is 0 Å². The Morgan fingerprint density at radius 1 is 0.194 bits per heavy atom. The lowest BCUT2D eigenvalue weighted by molar-refractivity contribution is -0.144. The molecule has 0 aliphatic carbocycles. The van der Waals surface area contributed by atoms with E-state index in [0.29, 0.717) is 153 Å². The maximum Gasteiger partial charge on any atom is 0.416 e. The predicted octanol–water partition coefficient (Wildman–Crippen LogP) is 25.0. The van der Waals surface area contributed by atoms with Crippen LogP contribution < -0.4 is 0 Å². The molecule has 0 saturated carbocycles. The van der Waals surface area contributed by atoms with Gasteiger partial charge in [-0.3, -0.25) is 0 Å². The molecule has 20 heteroatoms. The summed E-state index contributed by atoms with van der Waals surface area (Å²) in [6, 6.07) is 84.3. The number of halogens is 12. The van der Waals surface area contributed by atoms with E-state index in [1.807, 2.05) is 228 Å². The van der Waals surface area contributed by atoms with E-state index in [1.54, 1.807) is 36.4 Å². The molecule has 526 valence electrons. The Kier molecular flexibility index (Phi) is 16.5. The van der Waals surface area contributed by atoms with Crippen molar-refractivity contribution in [2.75, 3.05) is 0 Å². The predicted molar refractivity (Wildman–Crippen MR) is 396 cm³/mol. The number of para-hydroxylation sites is 2. The van der Waals surface area contributed by atoms with E-state index >= 15 is 0 Å². The van der Waals surface area contributed by atoms with Crippen LogP contribution in [0.2, 0.25) is 0 Å². The number of benzene rings is 13. The van der Waals surface area contributed by atoms with E-state index in [2.05, 4.69) is 0 Å². The SMILES string of the molecule is FC(F)(F)c1cc(-c2ccc3c(c2)c2ccccc2n3-c2cc(-c3cccc(-c4cc(-c5nc(-c6ccccc6)nc(-c6ccccc6)n5)ccc4-n4c5ccccc5c5cc(-c6cc(C(F)(F)F)cc(C(F)(F)F)c6)ccc54)c3)cc(-c3nc(-c4ccccc4)nc(-c4ccccc4)n3)c2)cc(C(F)(F)F)c1. The Labute approximate surface area is 606 Å².